The number of hydrogen-bond donors (Lipinski definition) is 1. The van der Waals surface area contributed by atoms with E-state index in [1.807, 2.05) is 0 Å². The fourth-order valence-electron chi connectivity index (χ4n) is 0.121. The Morgan fingerprint density at radius 1 is 1.56 bits per heavy atom. The number of aliphatic hydroxyl groups is 1. The summed E-state index contributed by atoms with van der Waals surface area (Å²) in [6.45, 7) is -0.610. The van der Waals surface area contributed by atoms with Crippen molar-refractivity contribution in [2.45, 2.75) is 0 Å². The SMILES string of the molecule is O=S(=O)([O-])C#CCO.[Na+]. The van der Waals surface area contributed by atoms with Gasteiger partial charge in [0.2, 0.25) is 0 Å². The van der Waals surface area contributed by atoms with Crippen LogP contribution in [-0.2, 0) is 10.1 Å². The molecule has 1 N–H and O–H groups in total. The van der Waals surface area contributed by atoms with E-state index in [0.717, 1.165) is 0 Å². The van der Waals surface area contributed by atoms with Gasteiger partial charge in [0.15, 0.2) is 10.1 Å². The van der Waals surface area contributed by atoms with Gasteiger partial charge in [0.05, 0.1) is 0 Å². The van der Waals surface area contributed by atoms with Crippen molar-refractivity contribution in [3.63, 3.8) is 0 Å². The summed E-state index contributed by atoms with van der Waals surface area (Å²) in [6.07, 6.45) is 0. The molecule has 0 radical (unpaired) electrons. The van der Waals surface area contributed by atoms with Gasteiger partial charge in [-0.2, -0.15) is 0 Å². The first-order chi connectivity index (χ1) is 3.56. The van der Waals surface area contributed by atoms with E-state index in [1.54, 1.807) is 5.92 Å². The van der Waals surface area contributed by atoms with Crippen molar-refractivity contribution in [2.24, 2.45) is 0 Å². The van der Waals surface area contributed by atoms with E-state index in [1.165, 1.54) is 5.25 Å². The van der Waals surface area contributed by atoms with Crippen LogP contribution < -0.4 is 29.6 Å². The molecule has 0 aromatic rings. The van der Waals surface area contributed by atoms with Gasteiger partial charge in [0, 0.05) is 5.25 Å². The normalized spacial score (nSPS) is 8.67. The quantitative estimate of drug-likeness (QED) is 0.219. The van der Waals surface area contributed by atoms with Gasteiger partial charge in [0.1, 0.15) is 6.61 Å². The van der Waals surface area contributed by atoms with Gasteiger partial charge in [-0.15, -0.1) is 0 Å². The third-order valence-corrected chi connectivity index (χ3v) is 0.671. The van der Waals surface area contributed by atoms with Crippen LogP contribution in [0.3, 0.4) is 0 Å². The van der Waals surface area contributed by atoms with E-state index < -0.39 is 16.7 Å². The van der Waals surface area contributed by atoms with Crippen molar-refractivity contribution in [1.82, 2.24) is 0 Å². The van der Waals surface area contributed by atoms with Crippen LogP contribution in [0.2, 0.25) is 0 Å². The minimum Gasteiger partial charge on any atom is -0.738 e. The Kier molecular flexibility index (Phi) is 7.06. The van der Waals surface area contributed by atoms with Gasteiger partial charge in [-0.3, -0.25) is 0 Å². The second-order valence-corrected chi connectivity index (χ2v) is 2.00. The van der Waals surface area contributed by atoms with Gasteiger partial charge in [-0.25, -0.2) is 8.42 Å². The van der Waals surface area contributed by atoms with Crippen LogP contribution in [0.4, 0.5) is 0 Å². The van der Waals surface area contributed by atoms with E-state index in [-0.39, 0.29) is 29.6 Å². The molecule has 4 nitrogen and oxygen atoms in total. The average Bonchev–Trinajstić information content (AvgIpc) is 1.59. The summed E-state index contributed by atoms with van der Waals surface area (Å²) in [7, 11) is -4.46. The van der Waals surface area contributed by atoms with Crippen LogP contribution in [0.15, 0.2) is 0 Å². The molecule has 0 atom stereocenters. The van der Waals surface area contributed by atoms with Crippen molar-refractivity contribution in [2.75, 3.05) is 6.61 Å². The van der Waals surface area contributed by atoms with Gasteiger partial charge < -0.3 is 9.66 Å². The zero-order valence-electron chi connectivity index (χ0n) is 4.79. The first-order valence-corrected chi connectivity index (χ1v) is 3.03. The van der Waals surface area contributed by atoms with Crippen molar-refractivity contribution in [3.05, 3.63) is 0 Å². The predicted octanol–water partition coefficient (Wildman–Crippen LogP) is -4.51. The number of aliphatic hydroxyl groups excluding tert-OH is 1. The van der Waals surface area contributed by atoms with Crippen LogP contribution in [0, 0.1) is 11.2 Å². The molecule has 46 valence electrons. The van der Waals surface area contributed by atoms with E-state index >= 15 is 0 Å². The number of rotatable bonds is 0. The Morgan fingerprint density at radius 3 is 2.11 bits per heavy atom. The molecular formula is C3H3NaO4S. The predicted molar refractivity (Wildman–Crippen MR) is 24.6 cm³/mol. The molecule has 0 spiro atoms. The molecule has 0 bridgehead atoms. The molecule has 9 heavy (non-hydrogen) atoms. The van der Waals surface area contributed by atoms with Crippen LogP contribution >= 0.6 is 0 Å². The standard InChI is InChI=1S/C3H4O4S.Na/c4-2-1-3-8(5,6)7;/h4H,2H2,(H,5,6,7);/q;+1/p-1. The Labute approximate surface area is 75.3 Å². The summed E-state index contributed by atoms with van der Waals surface area (Å²) in [5.74, 6) is 1.69. The first kappa shape index (κ1) is 12.1. The van der Waals surface area contributed by atoms with E-state index in [9.17, 15) is 13.0 Å². The van der Waals surface area contributed by atoms with Crippen molar-refractivity contribution in [3.8, 4) is 11.2 Å². The van der Waals surface area contributed by atoms with Crippen LogP contribution in [-0.4, -0.2) is 24.7 Å². The van der Waals surface area contributed by atoms with Gasteiger partial charge in [-0.1, -0.05) is 5.92 Å². The summed E-state index contributed by atoms with van der Waals surface area (Å²) in [6, 6.07) is 0. The topological polar surface area (TPSA) is 77.4 Å². The molecule has 0 aliphatic rings. The van der Waals surface area contributed by atoms with Crippen LogP contribution in [0.1, 0.15) is 0 Å². The maximum atomic E-state index is 9.55. The Hall–Kier alpha value is 0.430. The molecule has 0 heterocycles. The monoisotopic (exact) mass is 158 g/mol. The third-order valence-electron chi connectivity index (χ3n) is 0.276. The largest absolute Gasteiger partial charge is 1.00 e. The molecule has 0 aliphatic heterocycles. The molecular weight excluding hydrogens is 155 g/mol. The maximum absolute atomic E-state index is 9.55. The summed E-state index contributed by atoms with van der Waals surface area (Å²) in [5, 5.41) is 9.14. The van der Waals surface area contributed by atoms with Crippen molar-refractivity contribution >= 4 is 10.1 Å². The van der Waals surface area contributed by atoms with Gasteiger partial charge >= 0.3 is 29.6 Å². The summed E-state index contributed by atoms with van der Waals surface area (Å²) in [4.78, 5) is 0. The van der Waals surface area contributed by atoms with Crippen molar-refractivity contribution < 1.29 is 47.6 Å². The summed E-state index contributed by atoms with van der Waals surface area (Å²) in [5.41, 5.74) is 0. The fourth-order valence-corrected chi connectivity index (χ4v) is 0.362. The minimum absolute atomic E-state index is 0. The Bertz CT molecular complexity index is 208. The van der Waals surface area contributed by atoms with E-state index in [2.05, 4.69) is 0 Å². The molecule has 0 amide bonds. The molecule has 0 rings (SSSR count). The average molecular weight is 158 g/mol. The first-order valence-electron chi connectivity index (χ1n) is 1.62. The molecule has 0 aromatic heterocycles. The van der Waals surface area contributed by atoms with Crippen LogP contribution in [0.5, 0.6) is 0 Å². The minimum atomic E-state index is -4.46. The van der Waals surface area contributed by atoms with Gasteiger partial charge in [-0.05, 0) is 0 Å². The molecule has 0 unspecified atom stereocenters. The molecule has 0 saturated heterocycles. The van der Waals surface area contributed by atoms with E-state index in [4.69, 9.17) is 5.11 Å². The Balaban J connectivity index is 0. The molecule has 0 saturated carbocycles. The molecule has 0 aliphatic carbocycles. The number of hydrogen-bond acceptors (Lipinski definition) is 4. The molecule has 0 aromatic carbocycles. The van der Waals surface area contributed by atoms with Crippen molar-refractivity contribution in [1.29, 1.82) is 0 Å². The zero-order valence-corrected chi connectivity index (χ0v) is 7.60. The fraction of sp³-hybridized carbons (Fsp3) is 0.333. The van der Waals surface area contributed by atoms with E-state index in [0.29, 0.717) is 0 Å². The summed E-state index contributed by atoms with van der Waals surface area (Å²) >= 11 is 0. The third kappa shape index (κ3) is 11.8. The second kappa shape index (κ2) is 5.23. The Morgan fingerprint density at radius 2 is 2.00 bits per heavy atom. The maximum Gasteiger partial charge on any atom is 1.00 e. The molecule has 6 heteroatoms. The molecule has 0 fully saturated rings. The van der Waals surface area contributed by atoms with Crippen LogP contribution in [0.25, 0.3) is 0 Å². The van der Waals surface area contributed by atoms with Gasteiger partial charge in [0.25, 0.3) is 0 Å². The summed E-state index contributed by atoms with van der Waals surface area (Å²) < 4.78 is 28.6. The second-order valence-electron chi connectivity index (χ2n) is 0.891. The zero-order chi connectivity index (χ0) is 6.62. The smallest absolute Gasteiger partial charge is 0.738 e.